The molecule has 0 saturated heterocycles. The minimum Gasteiger partial charge on any atom is -0.375 e. The van der Waals surface area contributed by atoms with Gasteiger partial charge < -0.3 is 5.73 Å². The number of rotatable bonds is 1. The Morgan fingerprint density at radius 2 is 2.22 bits per heavy atom. The second-order valence-electron chi connectivity index (χ2n) is 3.74. The first-order valence-electron chi connectivity index (χ1n) is 5.05. The third-order valence-electron chi connectivity index (χ3n) is 2.50. The fourth-order valence-electron chi connectivity index (χ4n) is 1.71. The molecule has 1 heterocycles. The number of benzene rings is 1. The lowest BCUT2D eigenvalue weighted by Gasteiger charge is -2.18. The Balaban J connectivity index is 2.54. The summed E-state index contributed by atoms with van der Waals surface area (Å²) in [5.41, 5.74) is 8.82. The van der Waals surface area contributed by atoms with Crippen LogP contribution in [-0.4, -0.2) is 25.0 Å². The summed E-state index contributed by atoms with van der Waals surface area (Å²) in [6.45, 7) is 0. The van der Waals surface area contributed by atoms with E-state index in [1.165, 1.54) is 6.07 Å². The number of thiocarbonyl (C=S) groups is 1. The molecule has 0 aliphatic carbocycles. The molecule has 2 rings (SSSR count). The van der Waals surface area contributed by atoms with E-state index < -0.39 is 9.84 Å². The average molecular weight is 304 g/mol. The van der Waals surface area contributed by atoms with E-state index in [0.29, 0.717) is 22.7 Å². The number of fused-ring (bicyclic) bond motifs is 1. The first-order valence-corrected chi connectivity index (χ1v) is 7.49. The number of nitrogens with zero attached hydrogens (tertiary/aromatic N) is 1. The van der Waals surface area contributed by atoms with E-state index in [-0.39, 0.29) is 15.8 Å². The Labute approximate surface area is 115 Å². The van der Waals surface area contributed by atoms with Gasteiger partial charge in [-0.3, -0.25) is 5.43 Å². The molecule has 1 aliphatic rings. The first-order chi connectivity index (χ1) is 8.40. The Hall–Kier alpha value is -1.18. The number of halogens is 1. The average Bonchev–Trinajstić information content (AvgIpc) is 2.27. The molecule has 0 atom stereocenters. The minimum atomic E-state index is -3.26. The lowest BCUT2D eigenvalue weighted by Crippen LogP contribution is -2.28. The van der Waals surface area contributed by atoms with Crippen LogP contribution in [-0.2, 0) is 9.84 Å². The fraction of sp³-hybridized carbons (Fsp3) is 0.200. The SMILES string of the molecule is NC(=S)N/N=C1\CCS(=O)(=O)c2ccc(Cl)cc21. The van der Waals surface area contributed by atoms with Gasteiger partial charge in [-0.1, -0.05) is 11.6 Å². The van der Waals surface area contributed by atoms with Crippen LogP contribution in [0, 0.1) is 0 Å². The molecular weight excluding hydrogens is 294 g/mol. The Bertz CT molecular complexity index is 641. The van der Waals surface area contributed by atoms with Crippen molar-refractivity contribution in [2.24, 2.45) is 10.8 Å². The standard InChI is InChI=1S/C10H10ClN3O2S2/c11-6-1-2-9-7(5-6)8(13-14-10(12)17)3-4-18(9,15)16/h1-2,5H,3-4H2,(H3,12,14,17)/b13-8+. The third-order valence-corrected chi connectivity index (χ3v) is 4.59. The van der Waals surface area contributed by atoms with Crippen LogP contribution in [0.1, 0.15) is 12.0 Å². The predicted molar refractivity (Wildman–Crippen MR) is 74.6 cm³/mol. The lowest BCUT2D eigenvalue weighted by atomic mass is 10.1. The normalized spacial score (nSPS) is 19.3. The van der Waals surface area contributed by atoms with E-state index in [4.69, 9.17) is 17.3 Å². The monoisotopic (exact) mass is 303 g/mol. The number of hydrogen-bond acceptors (Lipinski definition) is 4. The van der Waals surface area contributed by atoms with Gasteiger partial charge >= 0.3 is 0 Å². The summed E-state index contributed by atoms with van der Waals surface area (Å²) in [4.78, 5) is 0.238. The van der Waals surface area contributed by atoms with E-state index in [9.17, 15) is 8.42 Å². The molecule has 0 amide bonds. The van der Waals surface area contributed by atoms with Crippen LogP contribution in [0.4, 0.5) is 0 Å². The van der Waals surface area contributed by atoms with Crippen molar-refractivity contribution < 1.29 is 8.42 Å². The molecule has 5 nitrogen and oxygen atoms in total. The summed E-state index contributed by atoms with van der Waals surface area (Å²) in [7, 11) is -3.26. The van der Waals surface area contributed by atoms with E-state index in [0.717, 1.165) is 0 Å². The molecule has 1 aliphatic heterocycles. The minimum absolute atomic E-state index is 0.0134. The van der Waals surface area contributed by atoms with Crippen molar-refractivity contribution in [3.05, 3.63) is 28.8 Å². The van der Waals surface area contributed by atoms with E-state index in [1.54, 1.807) is 12.1 Å². The number of hydrazone groups is 1. The first kappa shape index (κ1) is 13.3. The molecule has 0 spiro atoms. The molecule has 1 aromatic rings. The number of nitrogens with one attached hydrogen (secondary N) is 1. The number of sulfone groups is 1. The molecule has 0 aromatic heterocycles. The van der Waals surface area contributed by atoms with Crippen molar-refractivity contribution in [3.63, 3.8) is 0 Å². The second kappa shape index (κ2) is 4.83. The highest BCUT2D eigenvalue weighted by Gasteiger charge is 2.27. The van der Waals surface area contributed by atoms with Gasteiger partial charge in [0.15, 0.2) is 14.9 Å². The summed E-state index contributed by atoms with van der Waals surface area (Å²) in [6, 6.07) is 4.61. The van der Waals surface area contributed by atoms with Crippen LogP contribution in [0.5, 0.6) is 0 Å². The maximum Gasteiger partial charge on any atom is 0.184 e. The molecular formula is C10H10ClN3O2S2. The summed E-state index contributed by atoms with van der Waals surface area (Å²) in [6.07, 6.45) is 0.297. The molecule has 0 fully saturated rings. The maximum atomic E-state index is 11.9. The molecule has 0 bridgehead atoms. The molecule has 3 N–H and O–H groups in total. The molecule has 0 unspecified atom stereocenters. The van der Waals surface area contributed by atoms with Crippen LogP contribution >= 0.6 is 23.8 Å². The summed E-state index contributed by atoms with van der Waals surface area (Å²) in [5, 5.41) is 4.49. The quantitative estimate of drug-likeness (QED) is 0.598. The third kappa shape index (κ3) is 2.63. The van der Waals surface area contributed by atoms with Gasteiger partial charge in [-0.25, -0.2) is 8.42 Å². The highest BCUT2D eigenvalue weighted by molar-refractivity contribution is 7.91. The molecule has 1 aromatic carbocycles. The summed E-state index contributed by atoms with van der Waals surface area (Å²) >= 11 is 10.5. The van der Waals surface area contributed by atoms with Gasteiger partial charge in [-0.05, 0) is 30.4 Å². The number of nitrogens with two attached hydrogens (primary N) is 1. The van der Waals surface area contributed by atoms with Crippen molar-refractivity contribution >= 4 is 44.5 Å². The highest BCUT2D eigenvalue weighted by atomic mass is 35.5. The van der Waals surface area contributed by atoms with E-state index in [2.05, 4.69) is 22.7 Å². The van der Waals surface area contributed by atoms with Crippen LogP contribution in [0.3, 0.4) is 0 Å². The van der Waals surface area contributed by atoms with Crippen LogP contribution in [0.25, 0.3) is 0 Å². The van der Waals surface area contributed by atoms with E-state index in [1.807, 2.05) is 0 Å². The lowest BCUT2D eigenvalue weighted by molar-refractivity contribution is 0.594. The number of hydrogen-bond donors (Lipinski definition) is 2. The zero-order valence-electron chi connectivity index (χ0n) is 9.18. The topological polar surface area (TPSA) is 84.5 Å². The molecule has 0 radical (unpaired) electrons. The van der Waals surface area contributed by atoms with Crippen molar-refractivity contribution in [1.82, 2.24) is 5.43 Å². The predicted octanol–water partition coefficient (Wildman–Crippen LogP) is 1.05. The molecule has 8 heteroatoms. The molecule has 96 valence electrons. The van der Waals surface area contributed by atoms with Gasteiger partial charge in [-0.15, -0.1) is 0 Å². The van der Waals surface area contributed by atoms with Gasteiger partial charge in [0, 0.05) is 17.0 Å². The Morgan fingerprint density at radius 3 is 2.89 bits per heavy atom. The van der Waals surface area contributed by atoms with Crippen molar-refractivity contribution in [2.75, 3.05) is 5.75 Å². The summed E-state index contributed by atoms with van der Waals surface area (Å²) < 4.78 is 23.8. The largest absolute Gasteiger partial charge is 0.375 e. The van der Waals surface area contributed by atoms with Crippen molar-refractivity contribution in [3.8, 4) is 0 Å². The van der Waals surface area contributed by atoms with Gasteiger partial charge in [0.05, 0.1) is 16.4 Å². The second-order valence-corrected chi connectivity index (χ2v) is 6.70. The van der Waals surface area contributed by atoms with Crippen molar-refractivity contribution in [2.45, 2.75) is 11.3 Å². The Morgan fingerprint density at radius 1 is 1.50 bits per heavy atom. The summed E-state index contributed by atoms with van der Waals surface area (Å²) in [5.74, 6) is 0.0134. The maximum absolute atomic E-state index is 11.9. The van der Waals surface area contributed by atoms with Crippen molar-refractivity contribution in [1.29, 1.82) is 0 Å². The van der Waals surface area contributed by atoms with E-state index >= 15 is 0 Å². The zero-order valence-corrected chi connectivity index (χ0v) is 11.6. The zero-order chi connectivity index (χ0) is 13.3. The Kier molecular flexibility index (Phi) is 3.56. The molecule has 18 heavy (non-hydrogen) atoms. The van der Waals surface area contributed by atoms with Gasteiger partial charge in [-0.2, -0.15) is 5.10 Å². The van der Waals surface area contributed by atoms with Gasteiger partial charge in [0.1, 0.15) is 0 Å². The smallest absolute Gasteiger partial charge is 0.184 e. The van der Waals surface area contributed by atoms with Crippen LogP contribution in [0.2, 0.25) is 5.02 Å². The van der Waals surface area contributed by atoms with Crippen LogP contribution < -0.4 is 11.2 Å². The fourth-order valence-corrected chi connectivity index (χ4v) is 3.40. The highest BCUT2D eigenvalue weighted by Crippen LogP contribution is 2.27. The molecule has 0 saturated carbocycles. The van der Waals surface area contributed by atoms with Crippen LogP contribution in [0.15, 0.2) is 28.2 Å². The van der Waals surface area contributed by atoms with Gasteiger partial charge in [0.2, 0.25) is 0 Å². The van der Waals surface area contributed by atoms with Gasteiger partial charge in [0.25, 0.3) is 0 Å².